The lowest BCUT2D eigenvalue weighted by Gasteiger charge is -2.07. The summed E-state index contributed by atoms with van der Waals surface area (Å²) in [5, 5.41) is 5.80. The average Bonchev–Trinajstić information content (AvgIpc) is 2.96. The van der Waals surface area contributed by atoms with Crippen molar-refractivity contribution in [3.05, 3.63) is 57.6 Å². The molecule has 3 heteroatoms. The number of hydrogen-bond donors (Lipinski definition) is 0. The number of benzene rings is 1. The summed E-state index contributed by atoms with van der Waals surface area (Å²) in [4.78, 5) is 1.85. The summed E-state index contributed by atoms with van der Waals surface area (Å²) in [6.45, 7) is 0. The Morgan fingerprint density at radius 2 is 1.94 bits per heavy atom. The Labute approximate surface area is 117 Å². The second-order valence-corrected chi connectivity index (χ2v) is 6.99. The van der Waals surface area contributed by atoms with Gasteiger partial charge in [-0.25, -0.2) is 0 Å². The van der Waals surface area contributed by atoms with E-state index in [1.807, 2.05) is 22.7 Å². The second-order valence-electron chi connectivity index (χ2n) is 3.94. The molecule has 0 saturated heterocycles. The molecule has 0 bridgehead atoms. The predicted octanol–water partition coefficient (Wildman–Crippen LogP) is 5.64. The largest absolute Gasteiger partial charge is 0.149 e. The van der Waals surface area contributed by atoms with Crippen molar-refractivity contribution in [2.75, 3.05) is 0 Å². The lowest BCUT2D eigenvalue weighted by atomic mass is 10.1. The van der Waals surface area contributed by atoms with Gasteiger partial charge in [0.05, 0.1) is 0 Å². The monoisotopic (exact) mass is 322 g/mol. The van der Waals surface area contributed by atoms with Gasteiger partial charge in [-0.3, -0.25) is 0 Å². The van der Waals surface area contributed by atoms with Crippen molar-refractivity contribution in [3.63, 3.8) is 0 Å². The van der Waals surface area contributed by atoms with E-state index >= 15 is 0 Å². The first-order valence-electron chi connectivity index (χ1n) is 5.47. The molecule has 0 nitrogen and oxygen atoms in total. The van der Waals surface area contributed by atoms with Crippen LogP contribution in [0.1, 0.15) is 15.3 Å². The van der Waals surface area contributed by atoms with Crippen LogP contribution in [0.25, 0.3) is 10.1 Å². The molecule has 0 N–H and O–H groups in total. The fraction of sp³-hybridized carbons (Fsp3) is 0.143. The predicted molar refractivity (Wildman–Crippen MR) is 81.5 cm³/mol. The highest BCUT2D eigenvalue weighted by molar-refractivity contribution is 9.09. The van der Waals surface area contributed by atoms with Gasteiger partial charge in [0, 0.05) is 14.4 Å². The molecular formula is C14H11BrS2. The normalized spacial score (nSPS) is 13.0. The molecule has 0 fully saturated rings. The quantitative estimate of drug-likeness (QED) is 0.547. The molecule has 0 spiro atoms. The van der Waals surface area contributed by atoms with Crippen LogP contribution < -0.4 is 0 Å². The maximum atomic E-state index is 3.82. The van der Waals surface area contributed by atoms with Crippen LogP contribution in [0.5, 0.6) is 0 Å². The maximum Gasteiger partial charge on any atom is 0.0457 e. The first-order chi connectivity index (χ1) is 8.34. The van der Waals surface area contributed by atoms with E-state index in [0.717, 1.165) is 6.42 Å². The molecule has 3 rings (SSSR count). The Balaban J connectivity index is 1.93. The Morgan fingerprint density at radius 3 is 2.76 bits per heavy atom. The van der Waals surface area contributed by atoms with Crippen molar-refractivity contribution >= 4 is 48.7 Å². The van der Waals surface area contributed by atoms with Crippen molar-refractivity contribution in [2.24, 2.45) is 0 Å². The van der Waals surface area contributed by atoms with Crippen LogP contribution in [0.3, 0.4) is 0 Å². The molecule has 0 radical (unpaired) electrons. The van der Waals surface area contributed by atoms with Gasteiger partial charge >= 0.3 is 0 Å². The third-order valence-corrected chi connectivity index (χ3v) is 5.51. The summed E-state index contributed by atoms with van der Waals surface area (Å²) < 4.78 is 1.37. The van der Waals surface area contributed by atoms with Gasteiger partial charge in [0.25, 0.3) is 0 Å². The van der Waals surface area contributed by atoms with Crippen molar-refractivity contribution in [2.45, 2.75) is 11.2 Å². The number of thiophene rings is 2. The zero-order valence-corrected chi connectivity index (χ0v) is 12.3. The Kier molecular flexibility index (Phi) is 3.32. The Bertz CT molecular complexity index is 610. The fourth-order valence-electron chi connectivity index (χ4n) is 1.96. The maximum absolute atomic E-state index is 3.82. The van der Waals surface area contributed by atoms with Gasteiger partial charge in [0.15, 0.2) is 0 Å². The minimum Gasteiger partial charge on any atom is -0.149 e. The van der Waals surface area contributed by atoms with Gasteiger partial charge < -0.3 is 0 Å². The van der Waals surface area contributed by atoms with E-state index in [-0.39, 0.29) is 0 Å². The van der Waals surface area contributed by atoms with Crippen LogP contribution >= 0.6 is 38.6 Å². The zero-order chi connectivity index (χ0) is 11.7. The number of halogens is 1. The van der Waals surface area contributed by atoms with Crippen molar-refractivity contribution in [1.29, 1.82) is 0 Å². The molecule has 1 atom stereocenters. The van der Waals surface area contributed by atoms with Gasteiger partial charge in [-0.1, -0.05) is 40.2 Å². The molecule has 1 aromatic carbocycles. The number of fused-ring (bicyclic) bond motifs is 1. The molecule has 0 amide bonds. The molecule has 17 heavy (non-hydrogen) atoms. The van der Waals surface area contributed by atoms with Crippen LogP contribution in [0, 0.1) is 0 Å². The zero-order valence-electron chi connectivity index (χ0n) is 9.10. The third-order valence-electron chi connectivity index (χ3n) is 2.81. The molecule has 0 saturated carbocycles. The summed E-state index contributed by atoms with van der Waals surface area (Å²) >= 11 is 7.48. The SMILES string of the molecule is BrC(Cc1cccs1)c1csc2ccccc12. The number of hydrogen-bond acceptors (Lipinski definition) is 2. The molecule has 86 valence electrons. The molecular weight excluding hydrogens is 312 g/mol. The van der Waals surface area contributed by atoms with Gasteiger partial charge in [-0.2, -0.15) is 0 Å². The standard InChI is InChI=1S/C14H11BrS2/c15-13(8-10-4-3-7-16-10)12-9-17-14-6-2-1-5-11(12)14/h1-7,9,13H,8H2. The molecule has 1 unspecified atom stereocenters. The van der Waals surface area contributed by atoms with E-state index in [9.17, 15) is 0 Å². The van der Waals surface area contributed by atoms with Crippen molar-refractivity contribution in [1.82, 2.24) is 0 Å². The van der Waals surface area contributed by atoms with E-state index < -0.39 is 0 Å². The van der Waals surface area contributed by atoms with E-state index in [2.05, 4.69) is 63.1 Å². The van der Waals surface area contributed by atoms with Crippen LogP contribution in [-0.4, -0.2) is 0 Å². The molecule has 2 heterocycles. The van der Waals surface area contributed by atoms with Crippen LogP contribution in [0.2, 0.25) is 0 Å². The van der Waals surface area contributed by atoms with E-state index in [1.165, 1.54) is 20.5 Å². The minimum absolute atomic E-state index is 0.414. The lowest BCUT2D eigenvalue weighted by Crippen LogP contribution is -1.91. The summed E-state index contributed by atoms with van der Waals surface area (Å²) in [6, 6.07) is 12.9. The van der Waals surface area contributed by atoms with Crippen LogP contribution in [-0.2, 0) is 6.42 Å². The van der Waals surface area contributed by atoms with Crippen LogP contribution in [0.15, 0.2) is 47.2 Å². The van der Waals surface area contributed by atoms with E-state index in [0.29, 0.717) is 4.83 Å². The van der Waals surface area contributed by atoms with Gasteiger partial charge in [-0.15, -0.1) is 22.7 Å². The Morgan fingerprint density at radius 1 is 1.06 bits per heavy atom. The molecule has 0 aliphatic rings. The van der Waals surface area contributed by atoms with Crippen LogP contribution in [0.4, 0.5) is 0 Å². The highest BCUT2D eigenvalue weighted by Crippen LogP contribution is 2.36. The van der Waals surface area contributed by atoms with Gasteiger partial charge in [0.1, 0.15) is 0 Å². The van der Waals surface area contributed by atoms with E-state index in [1.54, 1.807) is 0 Å². The summed E-state index contributed by atoms with van der Waals surface area (Å²) in [5.41, 5.74) is 1.42. The van der Waals surface area contributed by atoms with E-state index in [4.69, 9.17) is 0 Å². The topological polar surface area (TPSA) is 0 Å². The van der Waals surface area contributed by atoms with Crippen molar-refractivity contribution < 1.29 is 0 Å². The van der Waals surface area contributed by atoms with Gasteiger partial charge in [0.2, 0.25) is 0 Å². The van der Waals surface area contributed by atoms with Crippen molar-refractivity contribution in [3.8, 4) is 0 Å². The molecule has 0 aliphatic carbocycles. The average molecular weight is 323 g/mol. The second kappa shape index (κ2) is 4.92. The van der Waals surface area contributed by atoms with Gasteiger partial charge in [-0.05, 0) is 40.3 Å². The first kappa shape index (κ1) is 11.5. The molecule has 0 aliphatic heterocycles. The summed E-state index contributed by atoms with van der Waals surface area (Å²) in [6.07, 6.45) is 1.07. The third kappa shape index (κ3) is 2.32. The smallest absolute Gasteiger partial charge is 0.0457 e. The highest BCUT2D eigenvalue weighted by Gasteiger charge is 2.13. The number of alkyl halides is 1. The molecule has 2 aromatic heterocycles. The highest BCUT2D eigenvalue weighted by atomic mass is 79.9. The summed E-state index contributed by atoms with van der Waals surface area (Å²) in [5.74, 6) is 0. The lowest BCUT2D eigenvalue weighted by molar-refractivity contribution is 0.983. The first-order valence-corrected chi connectivity index (χ1v) is 8.14. The Hall–Kier alpha value is -0.640. The summed E-state index contributed by atoms with van der Waals surface area (Å²) in [7, 11) is 0. The number of rotatable bonds is 3. The molecule has 3 aromatic rings. The fourth-order valence-corrected chi connectivity index (χ4v) is 4.84. The minimum atomic E-state index is 0.414.